The Morgan fingerprint density at radius 3 is 2.64 bits per heavy atom. The second-order valence-corrected chi connectivity index (χ2v) is 5.81. The molecule has 0 atom stereocenters. The van der Waals surface area contributed by atoms with Gasteiger partial charge in [-0.2, -0.15) is 0 Å². The number of benzene rings is 1. The van der Waals surface area contributed by atoms with Gasteiger partial charge in [-0.25, -0.2) is 0 Å². The Hall–Kier alpha value is -2.07. The number of hydrogen-bond donors (Lipinski definition) is 0. The number of carbonyl (C=O) groups excluding carboxylic acids is 1. The number of carbonyl (C=O) groups is 1. The van der Waals surface area contributed by atoms with Crippen LogP contribution in [-0.2, 0) is 6.54 Å². The quantitative estimate of drug-likeness (QED) is 0.847. The second-order valence-electron chi connectivity index (χ2n) is 5.37. The zero-order valence-electron chi connectivity index (χ0n) is 12.3. The lowest BCUT2D eigenvalue weighted by molar-refractivity contribution is 0.0724. The highest BCUT2D eigenvalue weighted by Crippen LogP contribution is 2.30. The van der Waals surface area contributed by atoms with Crippen LogP contribution in [0.1, 0.15) is 28.9 Å². The van der Waals surface area contributed by atoms with Crippen molar-refractivity contribution in [3.05, 3.63) is 58.9 Å². The molecule has 1 amide bonds. The molecule has 2 aromatic rings. The van der Waals surface area contributed by atoms with Crippen LogP contribution in [0.3, 0.4) is 0 Å². The van der Waals surface area contributed by atoms with Crippen molar-refractivity contribution in [1.82, 2.24) is 9.88 Å². The first-order valence-corrected chi connectivity index (χ1v) is 7.60. The maximum Gasteiger partial charge on any atom is 0.273 e. The van der Waals surface area contributed by atoms with Crippen molar-refractivity contribution >= 4 is 17.5 Å². The van der Waals surface area contributed by atoms with E-state index < -0.39 is 0 Å². The van der Waals surface area contributed by atoms with Crippen LogP contribution in [0, 0.1) is 0 Å². The molecule has 3 rings (SSSR count). The normalized spacial score (nSPS) is 13.7. The van der Waals surface area contributed by atoms with Crippen LogP contribution in [0.5, 0.6) is 5.75 Å². The van der Waals surface area contributed by atoms with E-state index >= 15 is 0 Å². The molecule has 1 aliphatic carbocycles. The van der Waals surface area contributed by atoms with Crippen LogP contribution in [0.4, 0.5) is 0 Å². The average molecular weight is 317 g/mol. The van der Waals surface area contributed by atoms with Crippen LogP contribution in [0.25, 0.3) is 0 Å². The smallest absolute Gasteiger partial charge is 0.273 e. The van der Waals surface area contributed by atoms with Gasteiger partial charge in [0.2, 0.25) is 0 Å². The predicted octanol–water partition coefficient (Wildman–Crippen LogP) is 3.55. The van der Waals surface area contributed by atoms with Crippen molar-refractivity contribution in [2.24, 2.45) is 0 Å². The van der Waals surface area contributed by atoms with E-state index in [9.17, 15) is 4.79 Å². The number of aromatic nitrogens is 1. The van der Waals surface area contributed by atoms with Gasteiger partial charge in [0.15, 0.2) is 0 Å². The number of amides is 1. The lowest BCUT2D eigenvalue weighted by atomic mass is 10.2. The van der Waals surface area contributed by atoms with Gasteiger partial charge in [0, 0.05) is 23.8 Å². The van der Waals surface area contributed by atoms with E-state index in [1.54, 1.807) is 25.4 Å². The minimum absolute atomic E-state index is 0.0687. The summed E-state index contributed by atoms with van der Waals surface area (Å²) in [7, 11) is 1.64. The Bertz CT molecular complexity index is 669. The molecule has 0 unspecified atom stereocenters. The lowest BCUT2D eigenvalue weighted by Gasteiger charge is -2.22. The van der Waals surface area contributed by atoms with Crippen molar-refractivity contribution in [2.75, 3.05) is 7.11 Å². The van der Waals surface area contributed by atoms with Gasteiger partial charge in [0.05, 0.1) is 7.11 Å². The zero-order valence-corrected chi connectivity index (χ0v) is 13.1. The Kier molecular flexibility index (Phi) is 4.29. The van der Waals surface area contributed by atoms with Crippen LogP contribution in [-0.4, -0.2) is 28.9 Å². The minimum atomic E-state index is -0.0687. The van der Waals surface area contributed by atoms with Gasteiger partial charge in [-0.05, 0) is 42.7 Å². The molecule has 1 aromatic carbocycles. The molecule has 1 saturated carbocycles. The Morgan fingerprint density at radius 1 is 1.32 bits per heavy atom. The number of rotatable bonds is 5. The minimum Gasteiger partial charge on any atom is -0.497 e. The van der Waals surface area contributed by atoms with Crippen molar-refractivity contribution in [3.8, 4) is 5.75 Å². The molecule has 22 heavy (non-hydrogen) atoms. The molecule has 0 spiro atoms. The van der Waals surface area contributed by atoms with Gasteiger partial charge in [0.25, 0.3) is 5.91 Å². The standard InChI is InChI=1S/C17H17ClN2O2/c1-22-15-6-2-12(3-7-15)11-20(14-4-5-14)17(21)16-10-13(18)8-9-19-16/h2-3,6-10,14H,4-5,11H2,1H3. The van der Waals surface area contributed by atoms with Crippen LogP contribution in [0.15, 0.2) is 42.6 Å². The molecule has 1 fully saturated rings. The fourth-order valence-corrected chi connectivity index (χ4v) is 2.51. The van der Waals surface area contributed by atoms with Gasteiger partial charge in [-0.3, -0.25) is 9.78 Å². The lowest BCUT2D eigenvalue weighted by Crippen LogP contribution is -2.33. The predicted molar refractivity (Wildman–Crippen MR) is 85.1 cm³/mol. The molecule has 114 valence electrons. The molecule has 5 heteroatoms. The van der Waals surface area contributed by atoms with Crippen molar-refractivity contribution in [3.63, 3.8) is 0 Å². The average Bonchev–Trinajstić information content (AvgIpc) is 3.37. The van der Waals surface area contributed by atoms with Crippen LogP contribution >= 0.6 is 11.6 Å². The van der Waals surface area contributed by atoms with E-state index in [4.69, 9.17) is 16.3 Å². The number of nitrogens with zero attached hydrogens (tertiary/aromatic N) is 2. The Morgan fingerprint density at radius 2 is 2.05 bits per heavy atom. The summed E-state index contributed by atoms with van der Waals surface area (Å²) in [6.45, 7) is 0.571. The molecule has 0 aliphatic heterocycles. The van der Waals surface area contributed by atoms with E-state index in [1.165, 1.54) is 0 Å². The topological polar surface area (TPSA) is 42.4 Å². The van der Waals surface area contributed by atoms with E-state index in [0.29, 0.717) is 23.3 Å². The highest BCUT2D eigenvalue weighted by atomic mass is 35.5. The third kappa shape index (κ3) is 3.39. The monoisotopic (exact) mass is 316 g/mol. The summed E-state index contributed by atoms with van der Waals surface area (Å²) in [5.41, 5.74) is 1.47. The van der Waals surface area contributed by atoms with E-state index in [2.05, 4.69) is 4.98 Å². The molecule has 0 radical (unpaired) electrons. The molecule has 0 bridgehead atoms. The summed E-state index contributed by atoms with van der Waals surface area (Å²) in [6, 6.07) is 11.4. The van der Waals surface area contributed by atoms with Crippen LogP contribution < -0.4 is 4.74 Å². The van der Waals surface area contributed by atoms with Gasteiger partial charge >= 0.3 is 0 Å². The zero-order chi connectivity index (χ0) is 15.5. The fraction of sp³-hybridized carbons (Fsp3) is 0.294. The van der Waals surface area contributed by atoms with Gasteiger partial charge in [0.1, 0.15) is 11.4 Å². The second kappa shape index (κ2) is 6.36. The molecule has 1 aliphatic rings. The maximum atomic E-state index is 12.7. The fourth-order valence-electron chi connectivity index (χ4n) is 2.35. The van der Waals surface area contributed by atoms with E-state index in [0.717, 1.165) is 24.2 Å². The van der Waals surface area contributed by atoms with Gasteiger partial charge < -0.3 is 9.64 Å². The molecule has 0 saturated heterocycles. The summed E-state index contributed by atoms with van der Waals surface area (Å²) in [5, 5.41) is 0.526. The van der Waals surface area contributed by atoms with Gasteiger partial charge in [-0.1, -0.05) is 23.7 Å². The molecule has 4 nitrogen and oxygen atoms in total. The van der Waals surface area contributed by atoms with Crippen LogP contribution in [0.2, 0.25) is 5.02 Å². The number of hydrogen-bond acceptors (Lipinski definition) is 3. The molecule has 1 aromatic heterocycles. The third-order valence-electron chi connectivity index (χ3n) is 3.70. The summed E-state index contributed by atoms with van der Waals surface area (Å²) in [6.07, 6.45) is 3.65. The Labute approximate surface area is 134 Å². The Balaban J connectivity index is 1.79. The first-order valence-electron chi connectivity index (χ1n) is 7.23. The highest BCUT2D eigenvalue weighted by Gasteiger charge is 2.33. The highest BCUT2D eigenvalue weighted by molar-refractivity contribution is 6.30. The van der Waals surface area contributed by atoms with Crippen molar-refractivity contribution in [1.29, 1.82) is 0 Å². The number of ether oxygens (including phenoxy) is 1. The van der Waals surface area contributed by atoms with Gasteiger partial charge in [-0.15, -0.1) is 0 Å². The SMILES string of the molecule is COc1ccc(CN(C(=O)c2cc(Cl)ccn2)C2CC2)cc1. The van der Waals surface area contributed by atoms with E-state index in [1.807, 2.05) is 29.2 Å². The summed E-state index contributed by atoms with van der Waals surface area (Å²) in [4.78, 5) is 18.7. The van der Waals surface area contributed by atoms with Crippen molar-refractivity contribution in [2.45, 2.75) is 25.4 Å². The number of pyridine rings is 1. The largest absolute Gasteiger partial charge is 0.497 e. The first-order chi connectivity index (χ1) is 10.7. The molecular formula is C17H17ClN2O2. The molecule has 0 N–H and O–H groups in total. The first kappa shape index (κ1) is 14.9. The van der Waals surface area contributed by atoms with E-state index in [-0.39, 0.29) is 5.91 Å². The summed E-state index contributed by atoms with van der Waals surface area (Å²) < 4.78 is 5.16. The maximum absolute atomic E-state index is 12.7. The summed E-state index contributed by atoms with van der Waals surface area (Å²) >= 11 is 5.96. The van der Waals surface area contributed by atoms with Crippen molar-refractivity contribution < 1.29 is 9.53 Å². The third-order valence-corrected chi connectivity index (χ3v) is 3.94. The summed E-state index contributed by atoms with van der Waals surface area (Å²) in [5.74, 6) is 0.741. The molecule has 1 heterocycles. The molecular weight excluding hydrogens is 300 g/mol. The number of methoxy groups -OCH3 is 1. The number of halogens is 1.